The third-order valence-corrected chi connectivity index (χ3v) is 6.00. The van der Waals surface area contributed by atoms with Gasteiger partial charge in [0.2, 0.25) is 0 Å². The van der Waals surface area contributed by atoms with Crippen LogP contribution in [0.4, 0.5) is 0 Å². The van der Waals surface area contributed by atoms with Crippen LogP contribution in [0.5, 0.6) is 5.75 Å². The number of rotatable bonds is 7. The average Bonchev–Trinajstić information content (AvgIpc) is 3.44. The predicted molar refractivity (Wildman–Crippen MR) is 115 cm³/mol. The van der Waals surface area contributed by atoms with E-state index in [-0.39, 0.29) is 11.9 Å². The van der Waals surface area contributed by atoms with E-state index in [4.69, 9.17) is 13.9 Å². The predicted octanol–water partition coefficient (Wildman–Crippen LogP) is 3.52. The molecule has 0 spiro atoms. The fourth-order valence-electron chi connectivity index (χ4n) is 3.46. The lowest BCUT2D eigenvalue weighted by Crippen LogP contribution is -2.43. The summed E-state index contributed by atoms with van der Waals surface area (Å²) in [5.41, 5.74) is 1.37. The largest absolute Gasteiger partial charge is 0.497 e. The number of nitrogens with one attached hydrogen (secondary N) is 1. The molecule has 3 aromatic rings. The van der Waals surface area contributed by atoms with Crippen LogP contribution in [-0.4, -0.2) is 55.7 Å². The van der Waals surface area contributed by atoms with Gasteiger partial charge in [0.05, 0.1) is 26.4 Å². The van der Waals surface area contributed by atoms with Gasteiger partial charge < -0.3 is 19.2 Å². The third kappa shape index (κ3) is 4.72. The second-order valence-electron chi connectivity index (χ2n) is 7.09. The van der Waals surface area contributed by atoms with Crippen molar-refractivity contribution in [2.75, 3.05) is 40.0 Å². The topological polar surface area (TPSA) is 76.8 Å². The number of hydrogen-bond acceptors (Lipinski definition) is 7. The van der Waals surface area contributed by atoms with Crippen LogP contribution in [0.1, 0.15) is 28.1 Å². The molecule has 8 heteroatoms. The van der Waals surface area contributed by atoms with Gasteiger partial charge in [-0.3, -0.25) is 9.69 Å². The summed E-state index contributed by atoms with van der Waals surface area (Å²) in [5, 5.41) is 5.62. The number of nitrogens with zero attached hydrogens (tertiary/aromatic N) is 2. The molecular weight excluding hydrogens is 402 g/mol. The monoisotopic (exact) mass is 427 g/mol. The van der Waals surface area contributed by atoms with Crippen LogP contribution in [0.2, 0.25) is 0 Å². The average molecular weight is 428 g/mol. The minimum Gasteiger partial charge on any atom is -0.497 e. The molecule has 158 valence electrons. The van der Waals surface area contributed by atoms with Crippen molar-refractivity contribution in [3.05, 3.63) is 59.0 Å². The number of carbonyl (C=O) groups excluding carboxylic acids is 1. The van der Waals surface area contributed by atoms with Crippen molar-refractivity contribution in [1.82, 2.24) is 15.2 Å². The minimum absolute atomic E-state index is 0.0359. The Morgan fingerprint density at radius 1 is 1.23 bits per heavy atom. The van der Waals surface area contributed by atoms with Gasteiger partial charge in [-0.15, -0.1) is 11.3 Å². The number of furan rings is 1. The van der Waals surface area contributed by atoms with Crippen LogP contribution >= 0.6 is 11.3 Å². The fourth-order valence-corrected chi connectivity index (χ4v) is 4.26. The number of aromatic nitrogens is 1. The molecule has 1 saturated heterocycles. The maximum atomic E-state index is 12.8. The quantitative estimate of drug-likeness (QED) is 0.622. The number of benzene rings is 1. The van der Waals surface area contributed by atoms with E-state index in [1.807, 2.05) is 43.3 Å². The zero-order valence-corrected chi connectivity index (χ0v) is 17.9. The van der Waals surface area contributed by atoms with Crippen LogP contribution in [0.15, 0.2) is 46.2 Å². The maximum absolute atomic E-state index is 12.8. The van der Waals surface area contributed by atoms with Gasteiger partial charge in [-0.25, -0.2) is 4.98 Å². The summed E-state index contributed by atoms with van der Waals surface area (Å²) >= 11 is 1.45. The van der Waals surface area contributed by atoms with Gasteiger partial charge in [0.25, 0.3) is 5.91 Å². The van der Waals surface area contributed by atoms with Gasteiger partial charge in [0, 0.05) is 30.6 Å². The van der Waals surface area contributed by atoms with Gasteiger partial charge in [-0.2, -0.15) is 0 Å². The number of ether oxygens (including phenoxy) is 2. The summed E-state index contributed by atoms with van der Waals surface area (Å²) in [4.78, 5) is 19.5. The maximum Gasteiger partial charge on any atom is 0.270 e. The van der Waals surface area contributed by atoms with Crippen molar-refractivity contribution < 1.29 is 18.7 Å². The molecule has 1 unspecified atom stereocenters. The van der Waals surface area contributed by atoms with Crippen LogP contribution in [0, 0.1) is 6.92 Å². The molecule has 0 bridgehead atoms. The SMILES string of the molecule is COc1ccc(-c2nc(C(=O)NCC(c3ccc(C)o3)N3CCOCC3)cs2)cc1. The number of carbonyl (C=O) groups is 1. The Bertz CT molecular complexity index is 976. The number of morpholine rings is 1. The van der Waals surface area contributed by atoms with Gasteiger partial charge in [-0.1, -0.05) is 0 Å². The first-order valence-corrected chi connectivity index (χ1v) is 10.8. The molecule has 1 fully saturated rings. The lowest BCUT2D eigenvalue weighted by Gasteiger charge is -2.33. The summed E-state index contributed by atoms with van der Waals surface area (Å²) in [6.07, 6.45) is 0. The standard InChI is InChI=1S/C22H25N3O4S/c1-15-3-8-20(29-15)19(25-9-11-28-12-10-25)13-23-21(26)18-14-30-22(24-18)16-4-6-17(27-2)7-5-16/h3-8,14,19H,9-13H2,1-2H3,(H,23,26). The van der Waals surface area contributed by atoms with E-state index in [0.29, 0.717) is 25.5 Å². The number of methoxy groups -OCH3 is 1. The molecule has 4 rings (SSSR count). The van der Waals surface area contributed by atoms with E-state index in [1.165, 1.54) is 11.3 Å². The molecule has 3 heterocycles. The van der Waals surface area contributed by atoms with Crippen LogP contribution in [-0.2, 0) is 4.74 Å². The van der Waals surface area contributed by atoms with Gasteiger partial charge in [-0.05, 0) is 43.3 Å². The summed E-state index contributed by atoms with van der Waals surface area (Å²) in [5.74, 6) is 2.31. The molecular formula is C22H25N3O4S. The molecule has 0 radical (unpaired) electrons. The highest BCUT2D eigenvalue weighted by Crippen LogP contribution is 2.26. The molecule has 7 nitrogen and oxygen atoms in total. The first kappa shape index (κ1) is 20.6. The summed E-state index contributed by atoms with van der Waals surface area (Å²) < 4.78 is 16.5. The van der Waals surface area contributed by atoms with Crippen molar-refractivity contribution >= 4 is 17.2 Å². The molecule has 0 saturated carbocycles. The highest BCUT2D eigenvalue weighted by Gasteiger charge is 2.26. The summed E-state index contributed by atoms with van der Waals surface area (Å²) in [6, 6.07) is 11.5. The zero-order valence-electron chi connectivity index (χ0n) is 17.1. The third-order valence-electron chi connectivity index (χ3n) is 5.11. The molecule has 1 atom stereocenters. The van der Waals surface area contributed by atoms with E-state index in [2.05, 4.69) is 15.2 Å². The number of aryl methyl sites for hydroxylation is 1. The molecule has 1 aliphatic rings. The number of amides is 1. The Hall–Kier alpha value is -2.68. The molecule has 1 N–H and O–H groups in total. The van der Waals surface area contributed by atoms with Crippen LogP contribution in [0.25, 0.3) is 10.6 Å². The van der Waals surface area contributed by atoms with Crippen LogP contribution < -0.4 is 10.1 Å². The van der Waals surface area contributed by atoms with Gasteiger partial charge in [0.1, 0.15) is 28.0 Å². The Labute approximate surface area is 179 Å². The Morgan fingerprint density at radius 3 is 2.67 bits per heavy atom. The number of hydrogen-bond donors (Lipinski definition) is 1. The zero-order chi connectivity index (χ0) is 20.9. The Kier molecular flexibility index (Phi) is 6.47. The molecule has 0 aliphatic carbocycles. The summed E-state index contributed by atoms with van der Waals surface area (Å²) in [6.45, 7) is 5.34. The fraction of sp³-hybridized carbons (Fsp3) is 0.364. The van der Waals surface area contributed by atoms with E-state index < -0.39 is 0 Å². The molecule has 30 heavy (non-hydrogen) atoms. The second kappa shape index (κ2) is 9.42. The van der Waals surface area contributed by atoms with Crippen LogP contribution in [0.3, 0.4) is 0 Å². The van der Waals surface area contributed by atoms with Crippen molar-refractivity contribution in [3.8, 4) is 16.3 Å². The highest BCUT2D eigenvalue weighted by molar-refractivity contribution is 7.13. The molecule has 1 aromatic carbocycles. The smallest absolute Gasteiger partial charge is 0.270 e. The Balaban J connectivity index is 1.43. The number of thiazole rings is 1. The van der Waals surface area contributed by atoms with Gasteiger partial charge >= 0.3 is 0 Å². The van der Waals surface area contributed by atoms with E-state index in [0.717, 1.165) is 40.9 Å². The normalized spacial score (nSPS) is 15.7. The van der Waals surface area contributed by atoms with Crippen molar-refractivity contribution in [2.45, 2.75) is 13.0 Å². The van der Waals surface area contributed by atoms with E-state index >= 15 is 0 Å². The lowest BCUT2D eigenvalue weighted by atomic mass is 10.1. The lowest BCUT2D eigenvalue weighted by molar-refractivity contribution is 0.0117. The minimum atomic E-state index is -0.187. The molecule has 1 amide bonds. The van der Waals surface area contributed by atoms with Crippen molar-refractivity contribution in [2.24, 2.45) is 0 Å². The highest BCUT2D eigenvalue weighted by atomic mass is 32.1. The van der Waals surface area contributed by atoms with Crippen molar-refractivity contribution in [3.63, 3.8) is 0 Å². The van der Waals surface area contributed by atoms with E-state index in [1.54, 1.807) is 12.5 Å². The first-order valence-electron chi connectivity index (χ1n) is 9.90. The molecule has 2 aromatic heterocycles. The Morgan fingerprint density at radius 2 is 2.00 bits per heavy atom. The molecule has 1 aliphatic heterocycles. The van der Waals surface area contributed by atoms with E-state index in [9.17, 15) is 4.79 Å². The summed E-state index contributed by atoms with van der Waals surface area (Å²) in [7, 11) is 1.63. The first-order chi connectivity index (χ1) is 14.6. The van der Waals surface area contributed by atoms with Gasteiger partial charge in [0.15, 0.2) is 0 Å². The second-order valence-corrected chi connectivity index (χ2v) is 7.95. The van der Waals surface area contributed by atoms with Crippen molar-refractivity contribution in [1.29, 1.82) is 0 Å².